The van der Waals surface area contributed by atoms with Crippen molar-refractivity contribution in [2.75, 3.05) is 10.6 Å². The monoisotopic (exact) mass is 484 g/mol. The van der Waals surface area contributed by atoms with Crippen molar-refractivity contribution in [1.82, 2.24) is 9.78 Å². The van der Waals surface area contributed by atoms with Crippen molar-refractivity contribution >= 4 is 23.5 Å². The molecule has 1 aromatic heterocycles. The Bertz CT molecular complexity index is 1440. The Kier molecular flexibility index (Phi) is 6.49. The molecule has 0 bridgehead atoms. The third kappa shape index (κ3) is 5.13. The maximum absolute atomic E-state index is 14.4. The van der Waals surface area contributed by atoms with Crippen molar-refractivity contribution in [2.45, 2.75) is 6.42 Å². The number of urea groups is 1. The lowest BCUT2D eigenvalue weighted by molar-refractivity contribution is -0.136. The largest absolute Gasteiger partial charge is 0.481 e. The van der Waals surface area contributed by atoms with Crippen LogP contribution in [0.15, 0.2) is 66.7 Å². The van der Waals surface area contributed by atoms with Crippen molar-refractivity contribution in [3.8, 4) is 16.9 Å². The minimum Gasteiger partial charge on any atom is -0.481 e. The number of aromatic nitrogens is 2. The van der Waals surface area contributed by atoms with Crippen molar-refractivity contribution in [3.63, 3.8) is 0 Å². The van der Waals surface area contributed by atoms with Crippen molar-refractivity contribution in [1.29, 1.82) is 0 Å². The molecule has 0 unspecified atom stereocenters. The molecule has 2 amide bonds. The molecular formula is C24H16F4N4O3. The molecule has 35 heavy (non-hydrogen) atoms. The van der Waals surface area contributed by atoms with Crippen LogP contribution in [0.25, 0.3) is 16.9 Å². The quantitative estimate of drug-likeness (QED) is 0.253. The van der Waals surface area contributed by atoms with E-state index in [0.717, 1.165) is 6.07 Å². The molecule has 0 saturated carbocycles. The van der Waals surface area contributed by atoms with Gasteiger partial charge in [0.05, 0.1) is 23.5 Å². The fraction of sp³-hybridized carbons (Fsp3) is 0.0417. The highest BCUT2D eigenvalue weighted by molar-refractivity contribution is 5.99. The highest BCUT2D eigenvalue weighted by atomic mass is 19.2. The summed E-state index contributed by atoms with van der Waals surface area (Å²) in [5, 5.41) is 17.9. The number of halogens is 4. The van der Waals surface area contributed by atoms with Gasteiger partial charge in [-0.2, -0.15) is 5.10 Å². The highest BCUT2D eigenvalue weighted by Crippen LogP contribution is 2.28. The van der Waals surface area contributed by atoms with Gasteiger partial charge >= 0.3 is 12.0 Å². The Morgan fingerprint density at radius 2 is 1.63 bits per heavy atom. The predicted octanol–water partition coefficient (Wildman–Crippen LogP) is 5.37. The molecule has 0 aliphatic carbocycles. The number of rotatable bonds is 6. The van der Waals surface area contributed by atoms with E-state index in [9.17, 15) is 27.2 Å². The Balaban J connectivity index is 1.71. The summed E-state index contributed by atoms with van der Waals surface area (Å²) in [6.45, 7) is 0. The number of hydrogen-bond acceptors (Lipinski definition) is 3. The van der Waals surface area contributed by atoms with E-state index in [2.05, 4.69) is 15.7 Å². The number of nitrogens with one attached hydrogen (secondary N) is 2. The second-order valence-electron chi connectivity index (χ2n) is 7.35. The van der Waals surface area contributed by atoms with E-state index in [1.54, 1.807) is 24.3 Å². The van der Waals surface area contributed by atoms with Gasteiger partial charge < -0.3 is 10.4 Å². The molecule has 4 rings (SSSR count). The van der Waals surface area contributed by atoms with Crippen LogP contribution in [0, 0.1) is 23.3 Å². The molecule has 7 nitrogen and oxygen atoms in total. The van der Waals surface area contributed by atoms with Gasteiger partial charge in [0, 0.05) is 11.6 Å². The first-order chi connectivity index (χ1) is 16.7. The van der Waals surface area contributed by atoms with Crippen LogP contribution < -0.4 is 10.6 Å². The van der Waals surface area contributed by atoms with E-state index in [1.165, 1.54) is 35.0 Å². The second kappa shape index (κ2) is 9.67. The number of carboxylic acid groups (broad SMARTS) is 1. The molecule has 0 aliphatic heterocycles. The number of nitrogens with zero attached hydrogens (tertiary/aromatic N) is 2. The molecule has 4 aromatic rings. The van der Waals surface area contributed by atoms with E-state index in [1.807, 2.05) is 0 Å². The van der Waals surface area contributed by atoms with Crippen LogP contribution in [0.4, 0.5) is 33.9 Å². The summed E-state index contributed by atoms with van der Waals surface area (Å²) in [6.07, 6.45) is -0.270. The predicted molar refractivity (Wildman–Crippen MR) is 119 cm³/mol. The average Bonchev–Trinajstić information content (AvgIpc) is 3.23. The molecule has 0 saturated heterocycles. The first-order valence-electron chi connectivity index (χ1n) is 10.1. The van der Waals surface area contributed by atoms with Crippen molar-refractivity contribution < 1.29 is 32.3 Å². The van der Waals surface area contributed by atoms with Crippen molar-refractivity contribution in [3.05, 3.63) is 95.6 Å². The molecule has 3 aromatic carbocycles. The van der Waals surface area contributed by atoms with Gasteiger partial charge in [-0.05, 0) is 42.0 Å². The molecular weight excluding hydrogens is 468 g/mol. The van der Waals surface area contributed by atoms with Gasteiger partial charge in [-0.3, -0.25) is 10.1 Å². The van der Waals surface area contributed by atoms with Gasteiger partial charge in [-0.15, -0.1) is 0 Å². The number of carbonyl (C=O) groups is 2. The van der Waals surface area contributed by atoms with Crippen molar-refractivity contribution in [2.24, 2.45) is 0 Å². The van der Waals surface area contributed by atoms with E-state index < -0.39 is 41.0 Å². The number of carbonyl (C=O) groups excluding carboxylic acids is 1. The molecule has 11 heteroatoms. The lowest BCUT2D eigenvalue weighted by Crippen LogP contribution is -2.22. The number of anilines is 2. The lowest BCUT2D eigenvalue weighted by Gasteiger charge is -2.11. The second-order valence-corrected chi connectivity index (χ2v) is 7.35. The third-order valence-electron chi connectivity index (χ3n) is 4.89. The van der Waals surface area contributed by atoms with Crippen LogP contribution in [0.1, 0.15) is 5.56 Å². The first kappa shape index (κ1) is 23.5. The minimum atomic E-state index is -1.75. The highest BCUT2D eigenvalue weighted by Gasteiger charge is 2.19. The van der Waals surface area contributed by atoms with E-state index in [4.69, 9.17) is 5.11 Å². The van der Waals surface area contributed by atoms with Crippen LogP contribution in [-0.2, 0) is 11.2 Å². The van der Waals surface area contributed by atoms with Crippen LogP contribution in [0.5, 0.6) is 0 Å². The van der Waals surface area contributed by atoms with Crippen LogP contribution >= 0.6 is 0 Å². The number of carboxylic acids is 1. The lowest BCUT2D eigenvalue weighted by atomic mass is 10.1. The van der Waals surface area contributed by atoms with Gasteiger partial charge in [0.2, 0.25) is 0 Å². The van der Waals surface area contributed by atoms with Gasteiger partial charge in [0.25, 0.3) is 0 Å². The molecule has 0 spiro atoms. The summed E-state index contributed by atoms with van der Waals surface area (Å²) in [6, 6.07) is 13.9. The smallest absolute Gasteiger partial charge is 0.324 e. The minimum absolute atomic E-state index is 0.0104. The Hall–Kier alpha value is -4.67. The summed E-state index contributed by atoms with van der Waals surface area (Å²) < 4.78 is 56.2. The standard InChI is InChI=1S/C24H16F4N4O3/c25-16-7-2-1-6-15(16)19-12-20(30-24(35)29-18-9-8-17(26)22(27)23(18)28)32(31-19)14-5-3-4-13(10-14)11-21(33)34/h1-10,12H,11H2,(H,33,34)(H2,29,30,35). The fourth-order valence-electron chi connectivity index (χ4n) is 3.33. The number of amides is 2. The van der Waals surface area contributed by atoms with E-state index >= 15 is 0 Å². The Labute approximate surface area is 195 Å². The molecule has 0 fully saturated rings. The van der Waals surface area contributed by atoms with E-state index in [0.29, 0.717) is 17.3 Å². The average molecular weight is 484 g/mol. The van der Waals surface area contributed by atoms with Gasteiger partial charge in [0.15, 0.2) is 17.5 Å². The number of benzene rings is 3. The summed E-state index contributed by atoms with van der Waals surface area (Å²) in [4.78, 5) is 23.6. The maximum atomic E-state index is 14.4. The molecule has 178 valence electrons. The number of aliphatic carboxylic acids is 1. The van der Waals surface area contributed by atoms with Crippen LogP contribution in [0.3, 0.4) is 0 Å². The normalized spacial score (nSPS) is 10.7. The SMILES string of the molecule is O=C(O)Cc1cccc(-n2nc(-c3ccccc3F)cc2NC(=O)Nc2ccc(F)c(F)c2F)c1. The Morgan fingerprint density at radius 3 is 2.37 bits per heavy atom. The van der Waals surface area contributed by atoms with Crippen LogP contribution in [0.2, 0.25) is 0 Å². The zero-order chi connectivity index (χ0) is 25.1. The summed E-state index contributed by atoms with van der Waals surface area (Å²) in [5.41, 5.74) is 0.451. The summed E-state index contributed by atoms with van der Waals surface area (Å²) >= 11 is 0. The zero-order valence-corrected chi connectivity index (χ0v) is 17.7. The number of hydrogen-bond donors (Lipinski definition) is 3. The molecule has 3 N–H and O–H groups in total. The molecule has 0 radical (unpaired) electrons. The van der Waals surface area contributed by atoms with Gasteiger partial charge in [0.1, 0.15) is 11.6 Å². The first-order valence-corrected chi connectivity index (χ1v) is 10.1. The molecule has 1 heterocycles. The van der Waals surface area contributed by atoms with Crippen LogP contribution in [-0.4, -0.2) is 26.9 Å². The molecule has 0 aliphatic rings. The summed E-state index contributed by atoms with van der Waals surface area (Å²) in [5.74, 6) is -6.36. The van der Waals surface area contributed by atoms with Gasteiger partial charge in [-0.25, -0.2) is 27.0 Å². The fourth-order valence-corrected chi connectivity index (χ4v) is 3.33. The zero-order valence-electron chi connectivity index (χ0n) is 17.7. The molecule has 0 atom stereocenters. The van der Waals surface area contributed by atoms with E-state index in [-0.39, 0.29) is 23.5 Å². The van der Waals surface area contributed by atoms with Gasteiger partial charge in [-0.1, -0.05) is 24.3 Å². The topological polar surface area (TPSA) is 96.2 Å². The maximum Gasteiger partial charge on any atom is 0.324 e. The summed E-state index contributed by atoms with van der Waals surface area (Å²) in [7, 11) is 0. The Morgan fingerprint density at radius 1 is 0.857 bits per heavy atom. The third-order valence-corrected chi connectivity index (χ3v) is 4.89.